The normalized spacial score (nSPS) is 10.4. The van der Waals surface area contributed by atoms with E-state index in [0.717, 1.165) is 11.1 Å². The molecule has 124 valence electrons. The topological polar surface area (TPSA) is 79.8 Å². The molecule has 2 rings (SSSR count). The highest BCUT2D eigenvalue weighted by atomic mass is 16.5. The number of hydrazone groups is 1. The molecule has 6 nitrogen and oxygen atoms in total. The lowest BCUT2D eigenvalue weighted by atomic mass is 10.1. The lowest BCUT2D eigenvalue weighted by molar-refractivity contribution is -0.120. The first kappa shape index (κ1) is 17.2. The van der Waals surface area contributed by atoms with Crippen LogP contribution in [0.15, 0.2) is 53.6 Å². The van der Waals surface area contributed by atoms with Crippen molar-refractivity contribution in [3.05, 3.63) is 65.2 Å². The van der Waals surface area contributed by atoms with Crippen molar-refractivity contribution < 1.29 is 14.3 Å². The fraction of sp³-hybridized carbons (Fsp3) is 0.167. The minimum absolute atomic E-state index is 0.157. The second kappa shape index (κ2) is 8.47. The number of nitrogens with zero attached hydrogens (tertiary/aromatic N) is 1. The molecule has 0 radical (unpaired) electrons. The molecule has 24 heavy (non-hydrogen) atoms. The molecule has 0 unspecified atom stereocenters. The zero-order valence-electron chi connectivity index (χ0n) is 13.6. The number of nitrogens with one attached hydrogen (secondary N) is 2. The predicted octanol–water partition coefficient (Wildman–Crippen LogP) is 1.88. The number of ether oxygens (including phenoxy) is 1. The summed E-state index contributed by atoms with van der Waals surface area (Å²) in [5, 5.41) is 6.41. The van der Waals surface area contributed by atoms with Crippen LogP contribution in [0.5, 0.6) is 5.75 Å². The molecule has 0 bridgehead atoms. The van der Waals surface area contributed by atoms with Gasteiger partial charge in [-0.15, -0.1) is 0 Å². The second-order valence-electron chi connectivity index (χ2n) is 5.09. The fourth-order valence-electron chi connectivity index (χ4n) is 2.04. The van der Waals surface area contributed by atoms with Crippen molar-refractivity contribution in [3.8, 4) is 5.75 Å². The first-order chi connectivity index (χ1) is 11.6. The van der Waals surface area contributed by atoms with Gasteiger partial charge < -0.3 is 10.1 Å². The number of carbonyl (C=O) groups excluding carboxylic acids is 2. The van der Waals surface area contributed by atoms with Gasteiger partial charge in [-0.3, -0.25) is 9.59 Å². The number of hydrogen-bond acceptors (Lipinski definition) is 4. The number of para-hydroxylation sites is 1. The van der Waals surface area contributed by atoms with Crippen LogP contribution >= 0.6 is 0 Å². The maximum absolute atomic E-state index is 11.9. The molecular weight excluding hydrogens is 306 g/mol. The fourth-order valence-corrected chi connectivity index (χ4v) is 2.04. The van der Waals surface area contributed by atoms with E-state index >= 15 is 0 Å². The molecule has 0 aromatic heterocycles. The van der Waals surface area contributed by atoms with Crippen molar-refractivity contribution in [1.29, 1.82) is 0 Å². The lowest BCUT2D eigenvalue weighted by Gasteiger charge is -2.05. The quantitative estimate of drug-likeness (QED) is 0.629. The largest absolute Gasteiger partial charge is 0.496 e. The van der Waals surface area contributed by atoms with Gasteiger partial charge in [0.25, 0.3) is 11.8 Å². The summed E-state index contributed by atoms with van der Waals surface area (Å²) in [6.45, 7) is 1.74. The Hall–Kier alpha value is -3.15. The van der Waals surface area contributed by atoms with Gasteiger partial charge in [0, 0.05) is 11.1 Å². The van der Waals surface area contributed by atoms with Crippen molar-refractivity contribution >= 4 is 18.0 Å². The maximum Gasteiger partial charge on any atom is 0.259 e. The van der Waals surface area contributed by atoms with Crippen LogP contribution in [0.1, 0.15) is 21.5 Å². The number of rotatable bonds is 6. The molecule has 2 N–H and O–H groups in total. The summed E-state index contributed by atoms with van der Waals surface area (Å²) < 4.78 is 5.18. The molecule has 0 aliphatic heterocycles. The van der Waals surface area contributed by atoms with Gasteiger partial charge in [-0.2, -0.15) is 5.10 Å². The molecule has 0 spiro atoms. The molecule has 0 heterocycles. The van der Waals surface area contributed by atoms with E-state index in [1.165, 1.54) is 6.21 Å². The van der Waals surface area contributed by atoms with E-state index in [1.54, 1.807) is 31.4 Å². The molecule has 0 atom stereocenters. The predicted molar refractivity (Wildman–Crippen MR) is 92.2 cm³/mol. The standard InChI is InChI=1S/C18H19N3O3/c1-13-6-5-8-14(10-13)18(23)19-12-17(22)21-20-11-15-7-3-4-9-16(15)24-2/h3-11H,12H2,1-2H3,(H,19,23)(H,21,22). The third-order valence-electron chi connectivity index (χ3n) is 3.22. The van der Waals surface area contributed by atoms with E-state index in [1.807, 2.05) is 31.2 Å². The number of benzene rings is 2. The molecule has 2 aromatic rings. The van der Waals surface area contributed by atoms with Gasteiger partial charge in [0.2, 0.25) is 0 Å². The van der Waals surface area contributed by atoms with Crippen LogP contribution in [0.25, 0.3) is 0 Å². The van der Waals surface area contributed by atoms with E-state index < -0.39 is 5.91 Å². The Morgan fingerprint density at radius 2 is 1.96 bits per heavy atom. The summed E-state index contributed by atoms with van der Waals surface area (Å²) in [5.74, 6) is -0.0621. The van der Waals surface area contributed by atoms with Gasteiger partial charge in [0.15, 0.2) is 0 Å². The monoisotopic (exact) mass is 325 g/mol. The molecule has 2 aromatic carbocycles. The minimum Gasteiger partial charge on any atom is -0.496 e. The number of aryl methyl sites for hydroxylation is 1. The van der Waals surface area contributed by atoms with Gasteiger partial charge in [-0.25, -0.2) is 5.43 Å². The van der Waals surface area contributed by atoms with Crippen LogP contribution in [0.3, 0.4) is 0 Å². The summed E-state index contributed by atoms with van der Waals surface area (Å²) in [7, 11) is 1.56. The molecule has 2 amide bonds. The number of carbonyl (C=O) groups is 2. The molecule has 0 fully saturated rings. The van der Waals surface area contributed by atoms with E-state index in [9.17, 15) is 9.59 Å². The Kier molecular flexibility index (Phi) is 6.08. The van der Waals surface area contributed by atoms with E-state index in [4.69, 9.17) is 4.74 Å². The van der Waals surface area contributed by atoms with Crippen LogP contribution in [0.2, 0.25) is 0 Å². The average Bonchev–Trinajstić information content (AvgIpc) is 2.60. The van der Waals surface area contributed by atoms with Crippen LogP contribution in [0, 0.1) is 6.92 Å². The Morgan fingerprint density at radius 3 is 2.71 bits per heavy atom. The van der Waals surface area contributed by atoms with Gasteiger partial charge in [-0.05, 0) is 31.2 Å². The molecule has 6 heteroatoms. The van der Waals surface area contributed by atoms with Gasteiger partial charge in [0.1, 0.15) is 5.75 Å². The molecule has 0 aliphatic rings. The van der Waals surface area contributed by atoms with E-state index in [2.05, 4.69) is 15.8 Å². The van der Waals surface area contributed by atoms with Gasteiger partial charge in [-0.1, -0.05) is 29.8 Å². The van der Waals surface area contributed by atoms with E-state index in [-0.39, 0.29) is 12.5 Å². The summed E-state index contributed by atoms with van der Waals surface area (Å²) in [6.07, 6.45) is 1.49. The van der Waals surface area contributed by atoms with Crippen molar-refractivity contribution in [1.82, 2.24) is 10.7 Å². The van der Waals surface area contributed by atoms with Gasteiger partial charge in [0.05, 0.1) is 19.9 Å². The Labute approximate surface area is 140 Å². The summed E-state index contributed by atoms with van der Waals surface area (Å²) in [5.41, 5.74) is 4.60. The molecule has 0 saturated carbocycles. The van der Waals surface area contributed by atoms with Crippen LogP contribution in [-0.2, 0) is 4.79 Å². The van der Waals surface area contributed by atoms with E-state index in [0.29, 0.717) is 11.3 Å². The highest BCUT2D eigenvalue weighted by molar-refractivity contribution is 5.96. The molecule has 0 saturated heterocycles. The van der Waals surface area contributed by atoms with Crippen molar-refractivity contribution in [3.63, 3.8) is 0 Å². The van der Waals surface area contributed by atoms with Crippen molar-refractivity contribution in [2.24, 2.45) is 5.10 Å². The zero-order valence-corrected chi connectivity index (χ0v) is 13.6. The third-order valence-corrected chi connectivity index (χ3v) is 3.22. The minimum atomic E-state index is -0.415. The van der Waals surface area contributed by atoms with Gasteiger partial charge >= 0.3 is 0 Å². The Balaban J connectivity index is 1.83. The van der Waals surface area contributed by atoms with Crippen molar-refractivity contribution in [2.75, 3.05) is 13.7 Å². The Morgan fingerprint density at radius 1 is 1.17 bits per heavy atom. The summed E-state index contributed by atoms with van der Waals surface area (Å²) in [6, 6.07) is 14.4. The van der Waals surface area contributed by atoms with Crippen LogP contribution in [0.4, 0.5) is 0 Å². The highest BCUT2D eigenvalue weighted by Gasteiger charge is 2.07. The molecule has 0 aliphatic carbocycles. The zero-order chi connectivity index (χ0) is 17.4. The highest BCUT2D eigenvalue weighted by Crippen LogP contribution is 2.14. The lowest BCUT2D eigenvalue weighted by Crippen LogP contribution is -2.34. The number of methoxy groups -OCH3 is 1. The second-order valence-corrected chi connectivity index (χ2v) is 5.09. The summed E-state index contributed by atoms with van der Waals surface area (Å²) in [4.78, 5) is 23.7. The summed E-state index contributed by atoms with van der Waals surface area (Å²) >= 11 is 0. The van der Waals surface area contributed by atoms with Crippen molar-refractivity contribution in [2.45, 2.75) is 6.92 Å². The number of amides is 2. The maximum atomic E-state index is 11.9. The molecular formula is C18H19N3O3. The average molecular weight is 325 g/mol. The van der Waals surface area contributed by atoms with Crippen LogP contribution < -0.4 is 15.5 Å². The smallest absolute Gasteiger partial charge is 0.259 e. The Bertz CT molecular complexity index is 757. The number of hydrogen-bond donors (Lipinski definition) is 2. The van der Waals surface area contributed by atoms with Crippen LogP contribution in [-0.4, -0.2) is 31.7 Å². The third kappa shape index (κ3) is 4.95. The first-order valence-corrected chi connectivity index (χ1v) is 7.40. The SMILES string of the molecule is COc1ccccc1C=NNC(=O)CNC(=O)c1cccc(C)c1. The first-order valence-electron chi connectivity index (χ1n) is 7.40.